The maximum Gasteiger partial charge on any atom is 0.245 e. The number of H-pyrrole nitrogens is 1. The number of aromatic amines is 1. The number of carbonyl (C=O) groups is 3. The van der Waals surface area contributed by atoms with E-state index in [4.69, 9.17) is 4.74 Å². The van der Waals surface area contributed by atoms with E-state index in [0.717, 1.165) is 16.5 Å². The predicted octanol–water partition coefficient (Wildman–Crippen LogP) is 4.09. The molecule has 1 aliphatic rings. The summed E-state index contributed by atoms with van der Waals surface area (Å²) in [6, 6.07) is 8.86. The van der Waals surface area contributed by atoms with E-state index >= 15 is 0 Å². The SMILES string of the molecule is COCCC(=O)N1CCC(NC(=O)/C=C/c2ccc(F)c(Br)c2)(C(=O)NCCc2c[nH]c3ccc(F)cc23)CC1. The highest BCUT2D eigenvalue weighted by Crippen LogP contribution is 2.25. The number of hydrogen-bond acceptors (Lipinski definition) is 4. The third-order valence-electron chi connectivity index (χ3n) is 7.07. The number of nitrogens with zero attached hydrogens (tertiary/aromatic N) is 1. The number of hydrogen-bond donors (Lipinski definition) is 3. The number of fused-ring (bicyclic) bond motifs is 1. The summed E-state index contributed by atoms with van der Waals surface area (Å²) in [4.78, 5) is 43.7. The first-order chi connectivity index (χ1) is 19.2. The summed E-state index contributed by atoms with van der Waals surface area (Å²) in [7, 11) is 1.53. The first-order valence-electron chi connectivity index (χ1n) is 13.0. The van der Waals surface area contributed by atoms with Gasteiger partial charge in [-0.25, -0.2) is 8.78 Å². The van der Waals surface area contributed by atoms with Gasteiger partial charge in [-0.3, -0.25) is 14.4 Å². The normalized spacial score (nSPS) is 14.9. The van der Waals surface area contributed by atoms with Crippen LogP contribution >= 0.6 is 15.9 Å². The van der Waals surface area contributed by atoms with Gasteiger partial charge in [-0.2, -0.15) is 0 Å². The number of halogens is 3. The number of piperidine rings is 1. The van der Waals surface area contributed by atoms with Crippen molar-refractivity contribution in [3.05, 3.63) is 75.9 Å². The van der Waals surface area contributed by atoms with Crippen molar-refractivity contribution in [3.63, 3.8) is 0 Å². The Kier molecular flexibility index (Phi) is 9.70. The van der Waals surface area contributed by atoms with Crippen molar-refractivity contribution < 1.29 is 27.9 Å². The van der Waals surface area contributed by atoms with Crippen molar-refractivity contribution >= 4 is 50.6 Å². The maximum absolute atomic E-state index is 13.7. The van der Waals surface area contributed by atoms with Crippen LogP contribution in [0, 0.1) is 11.6 Å². The second-order valence-electron chi connectivity index (χ2n) is 9.71. The number of aromatic nitrogens is 1. The van der Waals surface area contributed by atoms with Gasteiger partial charge in [0.1, 0.15) is 17.2 Å². The molecule has 0 spiro atoms. The number of benzene rings is 2. The molecule has 2 aromatic carbocycles. The number of likely N-dealkylation sites (tertiary alicyclic amines) is 1. The largest absolute Gasteiger partial charge is 0.384 e. The van der Waals surface area contributed by atoms with Crippen molar-refractivity contribution in [1.29, 1.82) is 0 Å². The number of rotatable bonds is 10. The van der Waals surface area contributed by atoms with E-state index in [-0.39, 0.29) is 47.9 Å². The fourth-order valence-electron chi connectivity index (χ4n) is 4.80. The molecule has 0 aliphatic carbocycles. The van der Waals surface area contributed by atoms with Gasteiger partial charge in [-0.15, -0.1) is 0 Å². The summed E-state index contributed by atoms with van der Waals surface area (Å²) in [5, 5.41) is 6.54. The van der Waals surface area contributed by atoms with Crippen molar-refractivity contribution in [1.82, 2.24) is 20.5 Å². The predicted molar refractivity (Wildman–Crippen MR) is 151 cm³/mol. The molecule has 40 heavy (non-hydrogen) atoms. The zero-order chi connectivity index (χ0) is 28.7. The lowest BCUT2D eigenvalue weighted by Crippen LogP contribution is -2.63. The summed E-state index contributed by atoms with van der Waals surface area (Å²) in [6.07, 6.45) is 5.78. The van der Waals surface area contributed by atoms with E-state index in [1.807, 2.05) is 0 Å². The molecule has 0 unspecified atom stereocenters. The highest BCUT2D eigenvalue weighted by atomic mass is 79.9. The van der Waals surface area contributed by atoms with E-state index in [0.29, 0.717) is 31.7 Å². The van der Waals surface area contributed by atoms with Crippen LogP contribution in [0.5, 0.6) is 0 Å². The summed E-state index contributed by atoms with van der Waals surface area (Å²) >= 11 is 3.13. The zero-order valence-electron chi connectivity index (χ0n) is 22.1. The van der Waals surface area contributed by atoms with Gasteiger partial charge in [0.2, 0.25) is 17.7 Å². The lowest BCUT2D eigenvalue weighted by Gasteiger charge is -2.41. The smallest absolute Gasteiger partial charge is 0.245 e. The molecular formula is C29H31BrF2N4O4. The van der Waals surface area contributed by atoms with Crippen LogP contribution in [0.25, 0.3) is 17.0 Å². The molecule has 212 valence electrons. The minimum Gasteiger partial charge on any atom is -0.384 e. The Balaban J connectivity index is 1.44. The average Bonchev–Trinajstić information content (AvgIpc) is 3.34. The molecule has 3 N–H and O–H groups in total. The number of nitrogens with one attached hydrogen (secondary N) is 3. The topological polar surface area (TPSA) is 104 Å². The first-order valence-corrected chi connectivity index (χ1v) is 13.8. The fourth-order valence-corrected chi connectivity index (χ4v) is 5.19. The van der Waals surface area contributed by atoms with E-state index in [1.54, 1.807) is 23.2 Å². The van der Waals surface area contributed by atoms with Crippen LogP contribution in [0.4, 0.5) is 8.78 Å². The Morgan fingerprint density at radius 3 is 2.65 bits per heavy atom. The maximum atomic E-state index is 13.7. The molecule has 0 atom stereocenters. The third-order valence-corrected chi connectivity index (χ3v) is 7.67. The second-order valence-corrected chi connectivity index (χ2v) is 10.6. The standard InChI is InChI=1S/C29H31BrF2N4O4/c1-40-15-9-27(38)36-13-10-29(11-14-36,35-26(37)7-3-19-2-5-24(32)23(30)16-19)28(39)33-12-8-20-18-34-25-6-4-21(31)17-22(20)25/h2-7,16-18,34H,8-15H2,1H3,(H,33,39)(H,35,37)/b7-3+. The van der Waals surface area contributed by atoms with Crippen LogP contribution < -0.4 is 10.6 Å². The highest BCUT2D eigenvalue weighted by Gasteiger charge is 2.43. The number of carbonyl (C=O) groups excluding carboxylic acids is 3. The van der Waals surface area contributed by atoms with Crippen molar-refractivity contribution in [2.75, 3.05) is 33.4 Å². The molecule has 0 saturated carbocycles. The molecule has 11 heteroatoms. The van der Waals surface area contributed by atoms with E-state index in [2.05, 4.69) is 31.5 Å². The van der Waals surface area contributed by atoms with E-state index < -0.39 is 17.3 Å². The molecule has 2 heterocycles. The van der Waals surface area contributed by atoms with Crippen LogP contribution in [-0.2, 0) is 25.5 Å². The highest BCUT2D eigenvalue weighted by molar-refractivity contribution is 9.10. The number of amides is 3. The summed E-state index contributed by atoms with van der Waals surface area (Å²) in [5.41, 5.74) is 1.04. The van der Waals surface area contributed by atoms with Crippen LogP contribution in [0.15, 0.2) is 53.1 Å². The van der Waals surface area contributed by atoms with E-state index in [1.165, 1.54) is 43.5 Å². The van der Waals surface area contributed by atoms with Gasteiger partial charge in [-0.1, -0.05) is 6.07 Å². The minimum atomic E-state index is -1.23. The molecule has 0 bridgehead atoms. The molecule has 4 rings (SSSR count). The first kappa shape index (κ1) is 29.4. The lowest BCUT2D eigenvalue weighted by molar-refractivity contribution is -0.139. The summed E-state index contributed by atoms with van der Waals surface area (Å²) in [5.74, 6) is -1.67. The Morgan fingerprint density at radius 1 is 1.15 bits per heavy atom. The van der Waals surface area contributed by atoms with Crippen molar-refractivity contribution in [3.8, 4) is 0 Å². The molecule has 3 amide bonds. The Bertz CT molecular complexity index is 1420. The van der Waals surface area contributed by atoms with Gasteiger partial charge in [0.25, 0.3) is 0 Å². The van der Waals surface area contributed by atoms with Crippen molar-refractivity contribution in [2.45, 2.75) is 31.2 Å². The molecule has 8 nitrogen and oxygen atoms in total. The number of methoxy groups -OCH3 is 1. The molecule has 3 aromatic rings. The summed E-state index contributed by atoms with van der Waals surface area (Å²) in [6.45, 7) is 1.18. The summed E-state index contributed by atoms with van der Waals surface area (Å²) < 4.78 is 32.6. The third kappa shape index (κ3) is 7.14. The van der Waals surface area contributed by atoms with Crippen LogP contribution in [0.3, 0.4) is 0 Å². The second kappa shape index (κ2) is 13.2. The van der Waals surface area contributed by atoms with Crippen LogP contribution in [-0.4, -0.2) is 66.5 Å². The van der Waals surface area contributed by atoms with Gasteiger partial charge in [0.15, 0.2) is 0 Å². The Labute approximate surface area is 239 Å². The van der Waals surface area contributed by atoms with Gasteiger partial charge in [-0.05, 0) is 82.7 Å². The zero-order valence-corrected chi connectivity index (χ0v) is 23.7. The van der Waals surface area contributed by atoms with Gasteiger partial charge >= 0.3 is 0 Å². The fraction of sp³-hybridized carbons (Fsp3) is 0.345. The van der Waals surface area contributed by atoms with Crippen molar-refractivity contribution in [2.24, 2.45) is 0 Å². The van der Waals surface area contributed by atoms with Gasteiger partial charge in [0.05, 0.1) is 17.5 Å². The van der Waals surface area contributed by atoms with E-state index in [9.17, 15) is 23.2 Å². The lowest BCUT2D eigenvalue weighted by atomic mass is 9.86. The average molecular weight is 617 g/mol. The molecular weight excluding hydrogens is 586 g/mol. The Hall–Kier alpha value is -3.57. The molecule has 1 aliphatic heterocycles. The quantitative estimate of drug-likeness (QED) is 0.298. The molecule has 1 aromatic heterocycles. The number of ether oxygens (including phenoxy) is 1. The molecule has 1 fully saturated rings. The van der Waals surface area contributed by atoms with Crippen LogP contribution in [0.2, 0.25) is 0 Å². The Morgan fingerprint density at radius 2 is 1.93 bits per heavy atom. The van der Waals surface area contributed by atoms with Crippen LogP contribution in [0.1, 0.15) is 30.4 Å². The van der Waals surface area contributed by atoms with Gasteiger partial charge < -0.3 is 25.3 Å². The molecule has 0 radical (unpaired) electrons. The minimum absolute atomic E-state index is 0.0736. The molecule has 1 saturated heterocycles. The van der Waals surface area contributed by atoms with Gasteiger partial charge in [0, 0.05) is 49.9 Å². The monoisotopic (exact) mass is 616 g/mol.